The molecule has 0 aliphatic heterocycles. The lowest BCUT2D eigenvalue weighted by Crippen LogP contribution is -2.23. The van der Waals surface area contributed by atoms with Gasteiger partial charge in [0, 0.05) is 6.42 Å². The van der Waals surface area contributed by atoms with Crippen LogP contribution in [0.1, 0.15) is 26.7 Å². The van der Waals surface area contributed by atoms with Crippen LogP contribution in [-0.4, -0.2) is 41.9 Å². The Morgan fingerprint density at radius 2 is 1.94 bits per heavy atom. The van der Waals surface area contributed by atoms with E-state index in [1.54, 1.807) is 13.8 Å². The van der Waals surface area contributed by atoms with Crippen LogP contribution < -0.4 is 0 Å². The number of phosphoric acid groups is 1. The van der Waals surface area contributed by atoms with Gasteiger partial charge in [0.25, 0.3) is 0 Å². The molecule has 0 aromatic rings. The molecule has 0 fully saturated rings. The Morgan fingerprint density at radius 3 is 2.47 bits per heavy atom. The van der Waals surface area contributed by atoms with Crippen molar-refractivity contribution in [1.29, 1.82) is 0 Å². The number of phosphoric ester groups is 1. The van der Waals surface area contributed by atoms with Gasteiger partial charge in [-0.2, -0.15) is 0 Å². The monoisotopic (exact) mass is 270 g/mol. The second-order valence-electron chi connectivity index (χ2n) is 3.29. The first kappa shape index (κ1) is 16.5. The fourth-order valence-electron chi connectivity index (χ4n) is 0.763. The Kier molecular flexibility index (Phi) is 8.37. The zero-order valence-electron chi connectivity index (χ0n) is 10.00. The van der Waals surface area contributed by atoms with Crippen molar-refractivity contribution in [3.8, 4) is 0 Å². The van der Waals surface area contributed by atoms with Crippen molar-refractivity contribution in [3.63, 3.8) is 0 Å². The van der Waals surface area contributed by atoms with Gasteiger partial charge in [-0.15, -0.1) is 0 Å². The van der Waals surface area contributed by atoms with E-state index in [1.807, 2.05) is 0 Å². The van der Waals surface area contributed by atoms with Crippen LogP contribution in [0.15, 0.2) is 0 Å². The second kappa shape index (κ2) is 8.60. The van der Waals surface area contributed by atoms with E-state index in [9.17, 15) is 14.5 Å². The molecule has 2 N–H and O–H groups in total. The SMILES string of the molecule is CCCOP(=O)(O)OCC(O)COC(=O)CC. The first-order chi connectivity index (χ1) is 7.91. The van der Waals surface area contributed by atoms with Crippen LogP contribution in [-0.2, 0) is 23.1 Å². The van der Waals surface area contributed by atoms with Crippen molar-refractivity contribution in [3.05, 3.63) is 0 Å². The average Bonchev–Trinajstić information content (AvgIpc) is 2.31. The fraction of sp³-hybridized carbons (Fsp3) is 0.889. The lowest BCUT2D eigenvalue weighted by Gasteiger charge is -2.14. The highest BCUT2D eigenvalue weighted by Crippen LogP contribution is 2.43. The minimum Gasteiger partial charge on any atom is -0.463 e. The lowest BCUT2D eigenvalue weighted by atomic mass is 10.4. The zero-order valence-corrected chi connectivity index (χ0v) is 10.9. The third-order valence-electron chi connectivity index (χ3n) is 1.61. The first-order valence-corrected chi connectivity index (χ1v) is 6.86. The molecule has 0 aliphatic rings. The van der Waals surface area contributed by atoms with Crippen molar-refractivity contribution in [2.45, 2.75) is 32.8 Å². The summed E-state index contributed by atoms with van der Waals surface area (Å²) in [6, 6.07) is 0. The molecule has 0 aromatic carbocycles. The van der Waals surface area contributed by atoms with Crippen LogP contribution in [0.4, 0.5) is 0 Å². The molecule has 0 rings (SSSR count). The number of esters is 1. The molecule has 17 heavy (non-hydrogen) atoms. The maximum atomic E-state index is 11.2. The van der Waals surface area contributed by atoms with Gasteiger partial charge in [-0.1, -0.05) is 13.8 Å². The molecule has 0 amide bonds. The highest BCUT2D eigenvalue weighted by Gasteiger charge is 2.22. The summed E-state index contributed by atoms with van der Waals surface area (Å²) in [4.78, 5) is 19.9. The zero-order chi connectivity index (χ0) is 13.3. The van der Waals surface area contributed by atoms with E-state index in [1.165, 1.54) is 0 Å². The van der Waals surface area contributed by atoms with Crippen molar-refractivity contribution in [1.82, 2.24) is 0 Å². The molecule has 0 heterocycles. The maximum absolute atomic E-state index is 11.2. The van der Waals surface area contributed by atoms with E-state index in [-0.39, 0.29) is 19.6 Å². The van der Waals surface area contributed by atoms with Gasteiger partial charge in [0.1, 0.15) is 12.7 Å². The van der Waals surface area contributed by atoms with Gasteiger partial charge in [0.15, 0.2) is 0 Å². The van der Waals surface area contributed by atoms with Crippen molar-refractivity contribution in [2.75, 3.05) is 19.8 Å². The second-order valence-corrected chi connectivity index (χ2v) is 4.74. The predicted molar refractivity (Wildman–Crippen MR) is 59.3 cm³/mol. The van der Waals surface area contributed by atoms with Gasteiger partial charge in [0.05, 0.1) is 13.2 Å². The topological polar surface area (TPSA) is 102 Å². The first-order valence-electron chi connectivity index (χ1n) is 5.36. The molecule has 0 aliphatic carbocycles. The summed E-state index contributed by atoms with van der Waals surface area (Å²) in [7, 11) is -4.12. The van der Waals surface area contributed by atoms with E-state index in [0.29, 0.717) is 6.42 Å². The summed E-state index contributed by atoms with van der Waals surface area (Å²) in [6.07, 6.45) is -0.382. The number of aliphatic hydroxyl groups excluding tert-OH is 1. The number of carbonyl (C=O) groups is 1. The minimum atomic E-state index is -4.12. The molecule has 102 valence electrons. The van der Waals surface area contributed by atoms with Gasteiger partial charge in [-0.05, 0) is 6.42 Å². The normalized spacial score (nSPS) is 16.2. The standard InChI is InChI=1S/C9H19O7P/c1-3-5-15-17(12,13)16-7-8(10)6-14-9(11)4-2/h8,10H,3-7H2,1-2H3,(H,12,13). The molecule has 0 spiro atoms. The molecule has 8 heteroatoms. The van der Waals surface area contributed by atoms with Crippen LogP contribution in [0.5, 0.6) is 0 Å². The highest BCUT2D eigenvalue weighted by atomic mass is 31.2. The maximum Gasteiger partial charge on any atom is 0.472 e. The van der Waals surface area contributed by atoms with Crippen LogP contribution in [0.25, 0.3) is 0 Å². The minimum absolute atomic E-state index is 0.0920. The number of carbonyl (C=O) groups excluding carboxylic acids is 1. The third-order valence-corrected chi connectivity index (χ3v) is 2.60. The molecule has 0 bridgehead atoms. The van der Waals surface area contributed by atoms with Crippen molar-refractivity contribution < 1.29 is 33.1 Å². The van der Waals surface area contributed by atoms with Gasteiger partial charge < -0.3 is 14.7 Å². The van der Waals surface area contributed by atoms with E-state index >= 15 is 0 Å². The van der Waals surface area contributed by atoms with Gasteiger partial charge in [-0.25, -0.2) is 4.57 Å². The summed E-state index contributed by atoms with van der Waals surface area (Å²) in [6.45, 7) is 2.77. The lowest BCUT2D eigenvalue weighted by molar-refractivity contribution is -0.146. The third kappa shape index (κ3) is 9.26. The summed E-state index contributed by atoms with van der Waals surface area (Å²) < 4.78 is 24.8. The molecule has 0 aromatic heterocycles. The van der Waals surface area contributed by atoms with Gasteiger partial charge >= 0.3 is 13.8 Å². The highest BCUT2D eigenvalue weighted by molar-refractivity contribution is 7.47. The smallest absolute Gasteiger partial charge is 0.463 e. The average molecular weight is 270 g/mol. The molecule has 2 unspecified atom stereocenters. The fourth-order valence-corrected chi connectivity index (χ4v) is 1.61. The summed E-state index contributed by atoms with van der Waals surface area (Å²) in [5.74, 6) is -0.460. The van der Waals surface area contributed by atoms with Crippen molar-refractivity contribution in [2.24, 2.45) is 0 Å². The Morgan fingerprint density at radius 1 is 1.29 bits per heavy atom. The predicted octanol–water partition coefficient (Wildman–Crippen LogP) is 0.844. The van der Waals surface area contributed by atoms with Crippen LogP contribution in [0.2, 0.25) is 0 Å². The number of rotatable bonds is 9. The van der Waals surface area contributed by atoms with E-state index in [0.717, 1.165) is 0 Å². The number of aliphatic hydroxyl groups is 1. The Bertz CT molecular complexity index is 268. The number of ether oxygens (including phenoxy) is 1. The van der Waals surface area contributed by atoms with Crippen molar-refractivity contribution >= 4 is 13.8 Å². The van der Waals surface area contributed by atoms with E-state index < -0.39 is 26.5 Å². The quantitative estimate of drug-likeness (QED) is 0.472. The van der Waals surface area contributed by atoms with Crippen LogP contribution in [0.3, 0.4) is 0 Å². The molecule has 7 nitrogen and oxygen atoms in total. The Hall–Kier alpha value is -0.460. The van der Waals surface area contributed by atoms with Crippen LogP contribution >= 0.6 is 7.82 Å². The molecule has 0 saturated carbocycles. The molecule has 2 atom stereocenters. The summed E-state index contributed by atoms with van der Waals surface area (Å²) in [5.41, 5.74) is 0. The van der Waals surface area contributed by atoms with Gasteiger partial charge in [-0.3, -0.25) is 13.8 Å². The molecular weight excluding hydrogens is 251 g/mol. The Labute approximate surface area is 100 Å². The van der Waals surface area contributed by atoms with Crippen LogP contribution in [0, 0.1) is 0 Å². The van der Waals surface area contributed by atoms with E-state index in [4.69, 9.17) is 4.89 Å². The summed E-state index contributed by atoms with van der Waals surface area (Å²) in [5, 5.41) is 9.29. The Balaban J connectivity index is 3.78. The molecular formula is C9H19O7P. The summed E-state index contributed by atoms with van der Waals surface area (Å²) >= 11 is 0. The molecule has 0 radical (unpaired) electrons. The number of hydrogen-bond donors (Lipinski definition) is 2. The van der Waals surface area contributed by atoms with E-state index in [2.05, 4.69) is 13.8 Å². The van der Waals surface area contributed by atoms with Gasteiger partial charge in [0.2, 0.25) is 0 Å². The number of hydrogen-bond acceptors (Lipinski definition) is 6. The molecule has 0 saturated heterocycles. The largest absolute Gasteiger partial charge is 0.472 e.